The van der Waals surface area contributed by atoms with E-state index < -0.39 is 10.0 Å². The van der Waals surface area contributed by atoms with Gasteiger partial charge in [0.1, 0.15) is 0 Å². The molecule has 0 bridgehead atoms. The molecule has 0 spiro atoms. The zero-order valence-electron chi connectivity index (χ0n) is 12.5. The largest absolute Gasteiger partial charge is 0.351 e. The number of aryl methyl sites for hydroxylation is 1. The number of rotatable bonds is 5. The van der Waals surface area contributed by atoms with E-state index in [1.165, 1.54) is 15.4 Å². The minimum Gasteiger partial charge on any atom is -0.351 e. The Morgan fingerprint density at radius 2 is 1.95 bits per heavy atom. The second-order valence-corrected chi connectivity index (χ2v) is 8.61. The zero-order chi connectivity index (χ0) is 15.5. The van der Waals surface area contributed by atoms with Gasteiger partial charge >= 0.3 is 0 Å². The monoisotopic (exact) mass is 330 g/mol. The van der Waals surface area contributed by atoms with Crippen molar-refractivity contribution in [3.63, 3.8) is 0 Å². The molecule has 5 nitrogen and oxygen atoms in total. The fourth-order valence-electron chi connectivity index (χ4n) is 2.48. The van der Waals surface area contributed by atoms with Gasteiger partial charge in [-0.3, -0.25) is 4.79 Å². The lowest BCUT2D eigenvalue weighted by Crippen LogP contribution is -2.42. The SMILES string of the molecule is CCc1ccc(CNC(=O)C2CCN(S(C)(=O)=O)CC2)s1. The van der Waals surface area contributed by atoms with Crippen LogP contribution in [0.25, 0.3) is 0 Å². The summed E-state index contributed by atoms with van der Waals surface area (Å²) < 4.78 is 24.3. The summed E-state index contributed by atoms with van der Waals surface area (Å²) in [6.45, 7) is 3.56. The molecular weight excluding hydrogens is 308 g/mol. The molecule has 21 heavy (non-hydrogen) atoms. The van der Waals surface area contributed by atoms with Gasteiger partial charge in [-0.05, 0) is 31.4 Å². The van der Waals surface area contributed by atoms with Gasteiger partial charge in [0.05, 0.1) is 12.8 Å². The molecule has 1 aliphatic rings. The minimum absolute atomic E-state index is 0.0367. The Morgan fingerprint density at radius 1 is 1.33 bits per heavy atom. The van der Waals surface area contributed by atoms with Crippen molar-refractivity contribution in [2.24, 2.45) is 5.92 Å². The summed E-state index contributed by atoms with van der Waals surface area (Å²) in [7, 11) is -3.13. The van der Waals surface area contributed by atoms with E-state index in [2.05, 4.69) is 24.4 Å². The Bertz CT molecular complexity index is 587. The van der Waals surface area contributed by atoms with Gasteiger partial charge < -0.3 is 5.32 Å². The topological polar surface area (TPSA) is 66.5 Å². The zero-order valence-corrected chi connectivity index (χ0v) is 14.1. The third kappa shape index (κ3) is 4.52. The molecule has 0 saturated carbocycles. The molecule has 118 valence electrons. The van der Waals surface area contributed by atoms with Crippen LogP contribution in [-0.2, 0) is 27.8 Å². The van der Waals surface area contributed by atoms with Gasteiger partial charge in [0.2, 0.25) is 15.9 Å². The molecule has 0 radical (unpaired) electrons. The summed E-state index contributed by atoms with van der Waals surface area (Å²) in [5, 5.41) is 2.96. The lowest BCUT2D eigenvalue weighted by Gasteiger charge is -2.29. The molecule has 2 heterocycles. The molecule has 0 unspecified atom stereocenters. The van der Waals surface area contributed by atoms with Crippen LogP contribution in [0.5, 0.6) is 0 Å². The van der Waals surface area contributed by atoms with Crippen LogP contribution in [-0.4, -0.2) is 38.0 Å². The number of hydrogen-bond acceptors (Lipinski definition) is 4. The van der Waals surface area contributed by atoms with Crippen molar-refractivity contribution in [3.8, 4) is 0 Å². The maximum Gasteiger partial charge on any atom is 0.223 e. The van der Waals surface area contributed by atoms with Crippen LogP contribution < -0.4 is 5.32 Å². The Hall–Kier alpha value is -0.920. The molecule has 1 N–H and O–H groups in total. The van der Waals surface area contributed by atoms with Crippen molar-refractivity contribution < 1.29 is 13.2 Å². The summed E-state index contributed by atoms with van der Waals surface area (Å²) in [5.74, 6) is -0.0387. The second-order valence-electron chi connectivity index (χ2n) is 5.38. The number of sulfonamides is 1. The van der Waals surface area contributed by atoms with E-state index in [0.29, 0.717) is 32.5 Å². The van der Waals surface area contributed by atoms with E-state index >= 15 is 0 Å². The standard InChI is InChI=1S/C14H22N2O3S2/c1-3-12-4-5-13(20-12)10-15-14(17)11-6-8-16(9-7-11)21(2,18)19/h4-5,11H,3,6-10H2,1-2H3,(H,15,17). The minimum atomic E-state index is -3.13. The van der Waals surface area contributed by atoms with Crippen molar-refractivity contribution in [2.45, 2.75) is 32.7 Å². The van der Waals surface area contributed by atoms with Crippen LogP contribution in [0.1, 0.15) is 29.5 Å². The number of amides is 1. The summed E-state index contributed by atoms with van der Waals surface area (Å²) in [6.07, 6.45) is 3.44. The van der Waals surface area contributed by atoms with Crippen LogP contribution in [0.4, 0.5) is 0 Å². The predicted octanol–water partition coefficient (Wildman–Crippen LogP) is 1.60. The Labute approximate surface area is 130 Å². The molecule has 0 aliphatic carbocycles. The van der Waals surface area contributed by atoms with Gasteiger partial charge in [0, 0.05) is 28.8 Å². The lowest BCUT2D eigenvalue weighted by atomic mass is 9.97. The van der Waals surface area contributed by atoms with Gasteiger partial charge in [-0.2, -0.15) is 0 Å². The van der Waals surface area contributed by atoms with Crippen molar-refractivity contribution in [1.82, 2.24) is 9.62 Å². The number of piperidine rings is 1. The molecule has 1 aromatic heterocycles. The van der Waals surface area contributed by atoms with Crippen LogP contribution in [0.15, 0.2) is 12.1 Å². The average Bonchev–Trinajstić information content (AvgIpc) is 2.92. The normalized spacial score (nSPS) is 17.8. The summed E-state index contributed by atoms with van der Waals surface area (Å²) in [5.41, 5.74) is 0. The first-order valence-corrected chi connectivity index (χ1v) is 9.87. The Morgan fingerprint density at radius 3 is 2.48 bits per heavy atom. The van der Waals surface area contributed by atoms with E-state index in [4.69, 9.17) is 0 Å². The van der Waals surface area contributed by atoms with Crippen LogP contribution in [0.2, 0.25) is 0 Å². The molecule has 7 heteroatoms. The molecule has 1 aromatic rings. The number of thiophene rings is 1. The number of nitrogens with zero attached hydrogens (tertiary/aromatic N) is 1. The maximum absolute atomic E-state index is 12.1. The highest BCUT2D eigenvalue weighted by Crippen LogP contribution is 2.20. The average molecular weight is 330 g/mol. The third-order valence-electron chi connectivity index (χ3n) is 3.80. The molecule has 1 aliphatic heterocycles. The second kappa shape index (κ2) is 6.89. The maximum atomic E-state index is 12.1. The van der Waals surface area contributed by atoms with E-state index in [1.807, 2.05) is 0 Å². The number of nitrogens with one attached hydrogen (secondary N) is 1. The fourth-order valence-corrected chi connectivity index (χ4v) is 4.25. The predicted molar refractivity (Wildman–Crippen MR) is 84.7 cm³/mol. The smallest absolute Gasteiger partial charge is 0.223 e. The van der Waals surface area contributed by atoms with Crippen molar-refractivity contribution in [2.75, 3.05) is 19.3 Å². The molecule has 1 fully saturated rings. The summed E-state index contributed by atoms with van der Waals surface area (Å²) in [4.78, 5) is 14.6. The molecule has 1 amide bonds. The van der Waals surface area contributed by atoms with Gasteiger partial charge in [-0.1, -0.05) is 6.92 Å². The van der Waals surface area contributed by atoms with Gasteiger partial charge in [0.25, 0.3) is 0 Å². The van der Waals surface area contributed by atoms with E-state index in [0.717, 1.165) is 11.3 Å². The van der Waals surface area contributed by atoms with Crippen molar-refractivity contribution in [3.05, 3.63) is 21.9 Å². The van der Waals surface area contributed by atoms with Crippen LogP contribution in [0, 0.1) is 5.92 Å². The molecular formula is C14H22N2O3S2. The van der Waals surface area contributed by atoms with Crippen LogP contribution >= 0.6 is 11.3 Å². The quantitative estimate of drug-likeness (QED) is 0.892. The summed E-state index contributed by atoms with van der Waals surface area (Å²) in [6, 6.07) is 4.15. The molecule has 1 saturated heterocycles. The van der Waals surface area contributed by atoms with E-state index in [9.17, 15) is 13.2 Å². The highest BCUT2D eigenvalue weighted by atomic mass is 32.2. The van der Waals surface area contributed by atoms with Crippen molar-refractivity contribution >= 4 is 27.3 Å². The highest BCUT2D eigenvalue weighted by Gasteiger charge is 2.28. The number of hydrogen-bond donors (Lipinski definition) is 1. The van der Waals surface area contributed by atoms with E-state index in [1.54, 1.807) is 11.3 Å². The fraction of sp³-hybridized carbons (Fsp3) is 0.643. The third-order valence-corrected chi connectivity index (χ3v) is 6.33. The Balaban J connectivity index is 1.80. The lowest BCUT2D eigenvalue weighted by molar-refractivity contribution is -0.126. The first kappa shape index (κ1) is 16.5. The van der Waals surface area contributed by atoms with Gasteiger partial charge in [0.15, 0.2) is 0 Å². The first-order valence-electron chi connectivity index (χ1n) is 7.20. The van der Waals surface area contributed by atoms with Gasteiger partial charge in [-0.15, -0.1) is 11.3 Å². The van der Waals surface area contributed by atoms with Crippen molar-refractivity contribution in [1.29, 1.82) is 0 Å². The first-order chi connectivity index (χ1) is 9.90. The van der Waals surface area contributed by atoms with Gasteiger partial charge in [-0.25, -0.2) is 12.7 Å². The molecule has 0 atom stereocenters. The molecule has 0 aromatic carbocycles. The van der Waals surface area contributed by atoms with E-state index in [-0.39, 0.29) is 11.8 Å². The highest BCUT2D eigenvalue weighted by molar-refractivity contribution is 7.88. The number of carbonyl (C=O) groups is 1. The summed E-state index contributed by atoms with van der Waals surface area (Å²) >= 11 is 1.72. The Kier molecular flexibility index (Phi) is 5.40. The molecule has 2 rings (SSSR count). The van der Waals surface area contributed by atoms with Crippen LogP contribution in [0.3, 0.4) is 0 Å². The number of carbonyl (C=O) groups excluding carboxylic acids is 1.